The largest absolute Gasteiger partial charge is 0.477 e. The van der Waals surface area contributed by atoms with Crippen LogP contribution in [-0.2, 0) is 13.2 Å². The number of aromatic carboxylic acids is 1. The number of carboxylic acid groups (broad SMARTS) is 1. The number of urea groups is 1. The molecule has 0 saturated heterocycles. The number of rotatable bonds is 7. The van der Waals surface area contributed by atoms with E-state index >= 15 is 0 Å². The van der Waals surface area contributed by atoms with Crippen molar-refractivity contribution in [3.05, 3.63) is 64.3 Å². The van der Waals surface area contributed by atoms with Gasteiger partial charge in [0.1, 0.15) is 23.2 Å². The molecule has 28 heavy (non-hydrogen) atoms. The van der Waals surface area contributed by atoms with Crippen molar-refractivity contribution in [2.75, 3.05) is 5.32 Å². The molecule has 0 fully saturated rings. The molecule has 0 aliphatic carbocycles. The minimum absolute atomic E-state index is 0.0176. The van der Waals surface area contributed by atoms with Crippen LogP contribution in [0.1, 0.15) is 21.7 Å². The van der Waals surface area contributed by atoms with Gasteiger partial charge < -0.3 is 19.6 Å². The molecule has 11 heteroatoms. The fourth-order valence-corrected chi connectivity index (χ4v) is 3.04. The first kappa shape index (κ1) is 19.6. The predicted molar refractivity (Wildman–Crippen MR) is 99.4 cm³/mol. The second-order valence-electron chi connectivity index (χ2n) is 5.41. The molecule has 3 rings (SSSR count). The summed E-state index contributed by atoms with van der Waals surface area (Å²) in [4.78, 5) is 23.5. The standard InChI is InChI=1S/C17H13ClFN3O5S/c18-10-4-3-9(12(19)6-10)8-27-14-13(16(23)24)15(28-22-14)21-17(25)20-7-11-2-1-5-26-11/h1-6H,7-8H2,(H,23,24)(H2,20,21,25). The van der Waals surface area contributed by atoms with Crippen molar-refractivity contribution in [2.24, 2.45) is 0 Å². The number of benzene rings is 1. The van der Waals surface area contributed by atoms with Crippen LogP contribution in [0.3, 0.4) is 0 Å². The van der Waals surface area contributed by atoms with Crippen molar-refractivity contribution in [3.63, 3.8) is 0 Å². The molecule has 0 bridgehead atoms. The van der Waals surface area contributed by atoms with E-state index < -0.39 is 17.8 Å². The smallest absolute Gasteiger partial charge is 0.344 e. The third-order valence-corrected chi connectivity index (χ3v) is 4.47. The average Bonchev–Trinajstić information content (AvgIpc) is 3.29. The Morgan fingerprint density at radius 3 is 2.86 bits per heavy atom. The number of carbonyl (C=O) groups excluding carboxylic acids is 1. The number of hydrogen-bond donors (Lipinski definition) is 3. The van der Waals surface area contributed by atoms with E-state index in [1.807, 2.05) is 0 Å². The minimum Gasteiger partial charge on any atom is -0.477 e. The van der Waals surface area contributed by atoms with Gasteiger partial charge in [-0.3, -0.25) is 5.32 Å². The molecule has 1 aromatic carbocycles. The number of nitrogens with one attached hydrogen (secondary N) is 2. The monoisotopic (exact) mass is 425 g/mol. The van der Waals surface area contributed by atoms with E-state index in [0.717, 1.165) is 17.6 Å². The van der Waals surface area contributed by atoms with Crippen LogP contribution in [0.2, 0.25) is 5.02 Å². The van der Waals surface area contributed by atoms with Gasteiger partial charge in [0.25, 0.3) is 0 Å². The van der Waals surface area contributed by atoms with E-state index in [1.54, 1.807) is 12.1 Å². The first-order valence-corrected chi connectivity index (χ1v) is 8.96. The lowest BCUT2D eigenvalue weighted by Gasteiger charge is -2.07. The van der Waals surface area contributed by atoms with Crippen LogP contribution in [0, 0.1) is 5.82 Å². The highest BCUT2D eigenvalue weighted by atomic mass is 35.5. The Hall–Kier alpha value is -3.11. The molecule has 2 amide bonds. The van der Waals surface area contributed by atoms with Gasteiger partial charge in [0.15, 0.2) is 5.56 Å². The number of furan rings is 1. The second-order valence-corrected chi connectivity index (χ2v) is 6.62. The molecule has 8 nitrogen and oxygen atoms in total. The summed E-state index contributed by atoms with van der Waals surface area (Å²) in [5.41, 5.74) is -0.146. The summed E-state index contributed by atoms with van der Waals surface area (Å²) in [6, 6.07) is 6.74. The Morgan fingerprint density at radius 2 is 2.18 bits per heavy atom. The van der Waals surface area contributed by atoms with Gasteiger partial charge in [0.05, 0.1) is 12.8 Å². The molecule has 146 valence electrons. The second kappa shape index (κ2) is 8.72. The van der Waals surface area contributed by atoms with Crippen molar-refractivity contribution in [2.45, 2.75) is 13.2 Å². The Balaban J connectivity index is 1.67. The van der Waals surface area contributed by atoms with Crippen LogP contribution in [0.25, 0.3) is 0 Å². The maximum absolute atomic E-state index is 13.8. The summed E-state index contributed by atoms with van der Waals surface area (Å²) in [6.45, 7) is -0.129. The van der Waals surface area contributed by atoms with Crippen molar-refractivity contribution in [1.82, 2.24) is 9.69 Å². The first-order valence-electron chi connectivity index (χ1n) is 7.81. The van der Waals surface area contributed by atoms with Crippen LogP contribution < -0.4 is 15.4 Å². The number of hydrogen-bond acceptors (Lipinski definition) is 6. The zero-order valence-corrected chi connectivity index (χ0v) is 15.6. The zero-order chi connectivity index (χ0) is 20.1. The van der Waals surface area contributed by atoms with E-state index in [9.17, 15) is 19.1 Å². The summed E-state index contributed by atoms with van der Waals surface area (Å²) >= 11 is 6.42. The lowest BCUT2D eigenvalue weighted by atomic mass is 10.2. The number of halogens is 2. The van der Waals surface area contributed by atoms with Gasteiger partial charge in [-0.15, -0.1) is 0 Å². The van der Waals surface area contributed by atoms with Crippen LogP contribution in [0.15, 0.2) is 41.0 Å². The van der Waals surface area contributed by atoms with Gasteiger partial charge in [0, 0.05) is 10.6 Å². The van der Waals surface area contributed by atoms with E-state index in [2.05, 4.69) is 15.0 Å². The maximum Gasteiger partial charge on any atom is 0.344 e. The Labute approximate surface area is 167 Å². The van der Waals surface area contributed by atoms with E-state index in [1.165, 1.54) is 18.4 Å². The van der Waals surface area contributed by atoms with Crippen LogP contribution in [-0.4, -0.2) is 21.5 Å². The Morgan fingerprint density at radius 1 is 1.36 bits per heavy atom. The molecule has 0 radical (unpaired) electrons. The quantitative estimate of drug-likeness (QED) is 0.524. The molecule has 3 N–H and O–H groups in total. The summed E-state index contributed by atoms with van der Waals surface area (Å²) in [7, 11) is 0. The number of ether oxygens (including phenoxy) is 1. The summed E-state index contributed by atoms with van der Waals surface area (Å²) in [6.07, 6.45) is 1.47. The van der Waals surface area contributed by atoms with E-state index in [-0.39, 0.29) is 40.2 Å². The minimum atomic E-state index is -1.35. The summed E-state index contributed by atoms with van der Waals surface area (Å²) in [5, 5.41) is 14.6. The molecule has 0 aliphatic rings. The van der Waals surface area contributed by atoms with Crippen molar-refractivity contribution >= 4 is 40.1 Å². The molecule has 0 unspecified atom stereocenters. The number of carboxylic acids is 1. The fraction of sp³-hybridized carbons (Fsp3) is 0.118. The SMILES string of the molecule is O=C(NCc1ccco1)Nc1snc(OCc2ccc(Cl)cc2F)c1C(=O)O. The van der Waals surface area contributed by atoms with Crippen molar-refractivity contribution in [3.8, 4) is 5.88 Å². The number of nitrogens with zero attached hydrogens (tertiary/aromatic N) is 1. The topological polar surface area (TPSA) is 114 Å². The number of anilines is 1. The summed E-state index contributed by atoms with van der Waals surface area (Å²) < 4.78 is 28.1. The predicted octanol–water partition coefficient (Wildman–Crippen LogP) is 4.13. The van der Waals surface area contributed by atoms with Gasteiger partial charge in [-0.25, -0.2) is 14.0 Å². The molecule has 2 aromatic heterocycles. The molecule has 0 atom stereocenters. The fourth-order valence-electron chi connectivity index (χ4n) is 2.16. The molecule has 3 aromatic rings. The van der Waals surface area contributed by atoms with Gasteiger partial charge in [-0.1, -0.05) is 17.7 Å². The lowest BCUT2D eigenvalue weighted by Crippen LogP contribution is -2.28. The zero-order valence-electron chi connectivity index (χ0n) is 14.1. The lowest BCUT2D eigenvalue weighted by molar-refractivity contribution is 0.0693. The van der Waals surface area contributed by atoms with Crippen LogP contribution in [0.4, 0.5) is 14.2 Å². The van der Waals surface area contributed by atoms with Crippen LogP contribution >= 0.6 is 23.1 Å². The van der Waals surface area contributed by atoms with E-state index in [4.69, 9.17) is 20.8 Å². The molecular weight excluding hydrogens is 413 g/mol. The highest BCUT2D eigenvalue weighted by Crippen LogP contribution is 2.31. The third-order valence-electron chi connectivity index (χ3n) is 3.48. The first-order chi connectivity index (χ1) is 13.4. The van der Waals surface area contributed by atoms with Crippen LogP contribution in [0.5, 0.6) is 5.88 Å². The van der Waals surface area contributed by atoms with E-state index in [0.29, 0.717) is 5.76 Å². The number of amides is 2. The van der Waals surface area contributed by atoms with Gasteiger partial charge in [0.2, 0.25) is 5.88 Å². The highest BCUT2D eigenvalue weighted by Gasteiger charge is 2.23. The Kier molecular flexibility index (Phi) is 6.12. The molecule has 2 heterocycles. The van der Waals surface area contributed by atoms with Gasteiger partial charge >= 0.3 is 12.0 Å². The van der Waals surface area contributed by atoms with Gasteiger partial charge in [-0.2, -0.15) is 4.37 Å². The number of aromatic nitrogens is 1. The summed E-state index contributed by atoms with van der Waals surface area (Å²) in [5.74, 6) is -1.63. The number of carbonyl (C=O) groups is 2. The van der Waals surface area contributed by atoms with Crippen molar-refractivity contribution in [1.29, 1.82) is 0 Å². The third kappa shape index (κ3) is 4.78. The average molecular weight is 426 g/mol. The normalized spacial score (nSPS) is 10.5. The van der Waals surface area contributed by atoms with Crippen molar-refractivity contribution < 1.29 is 28.2 Å². The Bertz CT molecular complexity index is 993. The highest BCUT2D eigenvalue weighted by molar-refractivity contribution is 7.11. The molecule has 0 spiro atoms. The maximum atomic E-state index is 13.8. The molecule has 0 aliphatic heterocycles. The van der Waals surface area contributed by atoms with Gasteiger partial charge in [-0.05, 0) is 35.8 Å². The molecular formula is C17H13ClFN3O5S. The molecule has 0 saturated carbocycles.